The van der Waals surface area contributed by atoms with Crippen LogP contribution in [-0.2, 0) is 0 Å². The Labute approximate surface area is 193 Å². The molecular weight excluding hydrogens is 418 g/mol. The molecule has 0 amide bonds. The minimum atomic E-state index is -0.202. The predicted octanol–water partition coefficient (Wildman–Crippen LogP) is 7.10. The van der Waals surface area contributed by atoms with E-state index in [2.05, 4.69) is 59.6 Å². The van der Waals surface area contributed by atoms with E-state index in [1.54, 1.807) is 0 Å². The van der Waals surface area contributed by atoms with E-state index in [0.717, 1.165) is 38.2 Å². The second-order valence-corrected chi connectivity index (χ2v) is 9.36. The lowest BCUT2D eigenvalue weighted by Crippen LogP contribution is -2.22. The molecule has 0 radical (unpaired) electrons. The van der Waals surface area contributed by atoms with Crippen molar-refractivity contribution in [3.8, 4) is 11.3 Å². The molecule has 0 saturated heterocycles. The van der Waals surface area contributed by atoms with Crippen LogP contribution in [0.3, 0.4) is 0 Å². The third-order valence-electron chi connectivity index (χ3n) is 7.54. The first-order valence-corrected chi connectivity index (χ1v) is 11.5. The molecule has 8 rings (SSSR count). The zero-order chi connectivity index (χ0) is 22.7. The molecule has 3 nitrogen and oxygen atoms in total. The molecule has 1 N–H and O–H groups in total. The number of fused-ring (bicyclic) bond motifs is 5. The first-order chi connectivity index (χ1) is 16.6. The number of carbonyl (C=O) groups excluding carboxylic acids is 1. The zero-order valence-corrected chi connectivity index (χ0v) is 18.3. The molecule has 6 aromatic carbocycles. The van der Waals surface area contributed by atoms with E-state index in [1.807, 2.05) is 31.2 Å². The topological polar surface area (TPSA) is 49.9 Å². The van der Waals surface area contributed by atoms with Gasteiger partial charge in [0, 0.05) is 27.4 Å². The molecule has 0 atom stereocenters. The van der Waals surface area contributed by atoms with Crippen molar-refractivity contribution < 1.29 is 4.79 Å². The highest BCUT2D eigenvalue weighted by Crippen LogP contribution is 2.46. The summed E-state index contributed by atoms with van der Waals surface area (Å²) >= 11 is 0. The Bertz CT molecular complexity index is 2060. The Morgan fingerprint density at radius 3 is 2.03 bits per heavy atom. The lowest BCUT2D eigenvalue weighted by atomic mass is 9.80. The van der Waals surface area contributed by atoms with Gasteiger partial charge in [-0.05, 0) is 62.8 Å². The maximum atomic E-state index is 13.8. The smallest absolute Gasteiger partial charge is 0.201 e. The highest BCUT2D eigenvalue weighted by atomic mass is 16.1. The van der Waals surface area contributed by atoms with Crippen LogP contribution in [0, 0.1) is 6.92 Å². The summed E-state index contributed by atoms with van der Waals surface area (Å²) in [5.74, 6) is -0.201. The summed E-state index contributed by atoms with van der Waals surface area (Å²) in [6.07, 6.45) is 0. The first kappa shape index (κ1) is 18.0. The molecule has 0 unspecified atom stereocenters. The number of aromatic amines is 1. The number of aromatic nitrogens is 1. The lowest BCUT2D eigenvalue weighted by Gasteiger charge is -2.23. The van der Waals surface area contributed by atoms with Crippen LogP contribution in [0.15, 0.2) is 83.7 Å². The average molecular weight is 435 g/mol. The minimum Gasteiger partial charge on any atom is -0.354 e. The molecule has 1 heterocycles. The van der Waals surface area contributed by atoms with E-state index in [-0.39, 0.29) is 16.8 Å². The molecule has 158 valence electrons. The molecule has 1 aliphatic rings. The van der Waals surface area contributed by atoms with Crippen LogP contribution in [0.2, 0.25) is 0 Å². The molecule has 0 spiro atoms. The fourth-order valence-electron chi connectivity index (χ4n) is 6.09. The molecule has 7 aromatic rings. The van der Waals surface area contributed by atoms with E-state index in [1.165, 1.54) is 21.5 Å². The summed E-state index contributed by atoms with van der Waals surface area (Å²) in [6.45, 7) is 1.95. The SMILES string of the molecule is Cc1ccc2[nH]c3c(c(=O)c2c1)C(=O)c1ccc2c4cccc5cccc(c6ccc-3c1c26)c54. The maximum Gasteiger partial charge on any atom is 0.201 e. The van der Waals surface area contributed by atoms with Gasteiger partial charge in [-0.1, -0.05) is 66.2 Å². The van der Waals surface area contributed by atoms with E-state index < -0.39 is 0 Å². The van der Waals surface area contributed by atoms with Crippen molar-refractivity contribution in [2.45, 2.75) is 6.92 Å². The Hall–Kier alpha value is -4.50. The molecule has 1 aliphatic carbocycles. The standard InChI is InChI=1S/C31H17NO2/c1-15-8-13-24-23(14-15)31(34)28-29(32-24)21-11-9-19-17-6-2-4-16-5-3-7-18(25(16)17)20-10-12-22(30(28)33)27(21)26(19)20/h2-14H,1H3,(H,32,34). The van der Waals surface area contributed by atoms with Crippen LogP contribution in [0.5, 0.6) is 0 Å². The Kier molecular flexibility index (Phi) is 3.11. The number of benzene rings is 6. The zero-order valence-electron chi connectivity index (χ0n) is 18.3. The van der Waals surface area contributed by atoms with E-state index in [9.17, 15) is 9.59 Å². The van der Waals surface area contributed by atoms with Crippen molar-refractivity contribution >= 4 is 59.8 Å². The van der Waals surface area contributed by atoms with Gasteiger partial charge in [0.05, 0.1) is 11.3 Å². The van der Waals surface area contributed by atoms with Crippen LogP contribution >= 0.6 is 0 Å². The lowest BCUT2D eigenvalue weighted by molar-refractivity contribution is 0.103. The number of nitrogens with one attached hydrogen (secondary N) is 1. The highest BCUT2D eigenvalue weighted by molar-refractivity contribution is 6.38. The Morgan fingerprint density at radius 1 is 0.618 bits per heavy atom. The van der Waals surface area contributed by atoms with Crippen LogP contribution in [0.25, 0.3) is 65.3 Å². The van der Waals surface area contributed by atoms with Gasteiger partial charge in [-0.25, -0.2) is 0 Å². The summed E-state index contributed by atoms with van der Waals surface area (Å²) < 4.78 is 0. The van der Waals surface area contributed by atoms with Gasteiger partial charge in [0.2, 0.25) is 5.43 Å². The molecule has 0 bridgehead atoms. The number of rotatable bonds is 0. The summed E-state index contributed by atoms with van der Waals surface area (Å²) in [7, 11) is 0. The number of H-pyrrole nitrogens is 1. The van der Waals surface area contributed by atoms with Crippen molar-refractivity contribution in [2.24, 2.45) is 0 Å². The van der Waals surface area contributed by atoms with Gasteiger partial charge in [0.1, 0.15) is 0 Å². The quantitative estimate of drug-likeness (QED) is 0.204. The van der Waals surface area contributed by atoms with Gasteiger partial charge in [0.15, 0.2) is 5.78 Å². The van der Waals surface area contributed by atoms with Crippen LogP contribution < -0.4 is 5.43 Å². The van der Waals surface area contributed by atoms with Gasteiger partial charge in [-0.15, -0.1) is 0 Å². The van der Waals surface area contributed by atoms with Gasteiger partial charge < -0.3 is 4.98 Å². The van der Waals surface area contributed by atoms with Crippen molar-refractivity contribution in [3.63, 3.8) is 0 Å². The normalized spacial score (nSPS) is 13.0. The Morgan fingerprint density at radius 2 is 1.29 bits per heavy atom. The number of aryl methyl sites for hydroxylation is 1. The fraction of sp³-hybridized carbons (Fsp3) is 0.0323. The number of carbonyl (C=O) groups is 1. The highest BCUT2D eigenvalue weighted by Gasteiger charge is 2.30. The van der Waals surface area contributed by atoms with Crippen molar-refractivity contribution in [1.29, 1.82) is 0 Å². The van der Waals surface area contributed by atoms with Gasteiger partial charge in [-0.2, -0.15) is 0 Å². The van der Waals surface area contributed by atoms with E-state index >= 15 is 0 Å². The third-order valence-corrected chi connectivity index (χ3v) is 7.54. The summed E-state index contributed by atoms with van der Waals surface area (Å²) in [5, 5.41) is 9.67. The van der Waals surface area contributed by atoms with Gasteiger partial charge in [-0.3, -0.25) is 9.59 Å². The summed E-state index contributed by atoms with van der Waals surface area (Å²) in [4.78, 5) is 30.7. The summed E-state index contributed by atoms with van der Waals surface area (Å²) in [5.41, 5.74) is 3.93. The van der Waals surface area contributed by atoms with Crippen molar-refractivity contribution in [1.82, 2.24) is 4.98 Å². The number of ketones is 1. The van der Waals surface area contributed by atoms with E-state index in [0.29, 0.717) is 16.6 Å². The molecule has 0 aliphatic heterocycles. The summed E-state index contributed by atoms with van der Waals surface area (Å²) in [6, 6.07) is 26.7. The third kappa shape index (κ3) is 1.99. The van der Waals surface area contributed by atoms with E-state index in [4.69, 9.17) is 0 Å². The van der Waals surface area contributed by atoms with Crippen LogP contribution in [0.4, 0.5) is 0 Å². The second-order valence-electron chi connectivity index (χ2n) is 9.36. The molecule has 3 heteroatoms. The number of hydrogen-bond donors (Lipinski definition) is 1. The number of hydrogen-bond acceptors (Lipinski definition) is 2. The molecular formula is C31H17NO2. The maximum absolute atomic E-state index is 13.8. The molecule has 34 heavy (non-hydrogen) atoms. The van der Waals surface area contributed by atoms with Gasteiger partial charge in [0.25, 0.3) is 0 Å². The monoisotopic (exact) mass is 435 g/mol. The molecule has 0 fully saturated rings. The molecule has 1 aromatic heterocycles. The fourth-order valence-corrected chi connectivity index (χ4v) is 6.09. The Balaban J connectivity index is 1.63. The second kappa shape index (κ2) is 5.89. The largest absolute Gasteiger partial charge is 0.354 e. The van der Waals surface area contributed by atoms with Crippen LogP contribution in [-0.4, -0.2) is 10.8 Å². The molecule has 0 saturated carbocycles. The first-order valence-electron chi connectivity index (χ1n) is 11.5. The number of pyridine rings is 1. The minimum absolute atomic E-state index is 0.201. The van der Waals surface area contributed by atoms with Crippen molar-refractivity contribution in [2.75, 3.05) is 0 Å². The predicted molar refractivity (Wildman–Crippen MR) is 139 cm³/mol. The van der Waals surface area contributed by atoms with Crippen LogP contribution in [0.1, 0.15) is 21.5 Å². The van der Waals surface area contributed by atoms with Gasteiger partial charge >= 0.3 is 0 Å². The van der Waals surface area contributed by atoms with Crippen molar-refractivity contribution in [3.05, 3.63) is 106 Å². The average Bonchev–Trinajstić information content (AvgIpc) is 2.86.